The average molecular weight is 277 g/mol. The summed E-state index contributed by atoms with van der Waals surface area (Å²) in [5.41, 5.74) is -1.19. The van der Waals surface area contributed by atoms with Crippen molar-refractivity contribution in [2.75, 3.05) is 12.4 Å². The molecule has 20 heavy (non-hydrogen) atoms. The van der Waals surface area contributed by atoms with Crippen molar-refractivity contribution in [2.45, 2.75) is 0 Å². The van der Waals surface area contributed by atoms with Gasteiger partial charge in [-0.25, -0.2) is 14.8 Å². The van der Waals surface area contributed by atoms with Crippen molar-refractivity contribution in [3.63, 3.8) is 0 Å². The van der Waals surface area contributed by atoms with E-state index in [1.54, 1.807) is 0 Å². The van der Waals surface area contributed by atoms with Crippen molar-refractivity contribution in [1.82, 2.24) is 19.5 Å². The van der Waals surface area contributed by atoms with Gasteiger partial charge in [-0.2, -0.15) is 0 Å². The van der Waals surface area contributed by atoms with Gasteiger partial charge in [0.05, 0.1) is 7.11 Å². The zero-order valence-corrected chi connectivity index (χ0v) is 10.7. The number of nitrogens with zero attached hydrogens (tertiary/aromatic N) is 3. The number of carbonyl (C=O) groups is 1. The predicted octanol–water partition coefficient (Wildman–Crippen LogP) is -0.876. The van der Waals surface area contributed by atoms with Gasteiger partial charge in [-0.1, -0.05) is 0 Å². The number of rotatable bonds is 3. The second-order valence-electron chi connectivity index (χ2n) is 3.78. The Kier molecular flexibility index (Phi) is 3.60. The first kappa shape index (κ1) is 13.5. The highest BCUT2D eigenvalue weighted by Gasteiger charge is 2.12. The first-order valence-electron chi connectivity index (χ1n) is 5.49. The molecule has 104 valence electrons. The van der Waals surface area contributed by atoms with Crippen LogP contribution in [0.4, 0.5) is 5.82 Å². The van der Waals surface area contributed by atoms with Gasteiger partial charge in [0, 0.05) is 19.2 Å². The third-order valence-electron chi connectivity index (χ3n) is 2.49. The van der Waals surface area contributed by atoms with E-state index in [1.165, 1.54) is 26.6 Å². The number of aromatic nitrogens is 4. The highest BCUT2D eigenvalue weighted by molar-refractivity contribution is 6.02. The van der Waals surface area contributed by atoms with E-state index in [2.05, 4.69) is 20.3 Å². The SMILES string of the molecule is COc1cc(C(=O)Nc2cc(=O)[nH]c(=O)n2C)ncn1. The molecular weight excluding hydrogens is 266 g/mol. The summed E-state index contributed by atoms with van der Waals surface area (Å²) in [5, 5.41) is 2.42. The van der Waals surface area contributed by atoms with Crippen LogP contribution in [0.25, 0.3) is 0 Å². The van der Waals surface area contributed by atoms with Crippen molar-refractivity contribution in [2.24, 2.45) is 7.05 Å². The molecule has 2 N–H and O–H groups in total. The molecule has 2 aromatic rings. The van der Waals surface area contributed by atoms with Gasteiger partial charge in [0.2, 0.25) is 5.88 Å². The molecule has 0 atom stereocenters. The quantitative estimate of drug-likeness (QED) is 0.752. The van der Waals surface area contributed by atoms with Gasteiger partial charge < -0.3 is 10.1 Å². The number of aromatic amines is 1. The molecule has 2 rings (SSSR count). The molecule has 1 amide bonds. The Balaban J connectivity index is 2.32. The first-order valence-corrected chi connectivity index (χ1v) is 5.49. The minimum atomic E-state index is -0.631. The number of anilines is 1. The van der Waals surface area contributed by atoms with E-state index in [0.29, 0.717) is 0 Å². The molecule has 0 bridgehead atoms. The van der Waals surface area contributed by atoms with Crippen LogP contribution >= 0.6 is 0 Å². The number of H-pyrrole nitrogens is 1. The molecule has 0 aliphatic carbocycles. The molecule has 0 aliphatic heterocycles. The maximum Gasteiger partial charge on any atom is 0.329 e. The lowest BCUT2D eigenvalue weighted by Gasteiger charge is -2.08. The van der Waals surface area contributed by atoms with E-state index >= 15 is 0 Å². The third-order valence-corrected chi connectivity index (χ3v) is 2.49. The number of hydrogen-bond acceptors (Lipinski definition) is 6. The smallest absolute Gasteiger partial charge is 0.329 e. The molecular formula is C11H11N5O4. The lowest BCUT2D eigenvalue weighted by molar-refractivity contribution is 0.102. The van der Waals surface area contributed by atoms with E-state index in [-0.39, 0.29) is 17.4 Å². The third kappa shape index (κ3) is 2.71. The number of amides is 1. The van der Waals surface area contributed by atoms with E-state index < -0.39 is 17.2 Å². The lowest BCUT2D eigenvalue weighted by Crippen LogP contribution is -2.31. The standard InChI is InChI=1S/C11H11N5O4/c1-16-7(4-8(17)15-11(16)19)14-10(18)6-3-9(20-2)13-5-12-6/h3-5H,1-2H3,(H,14,18)(H,15,17,19). The number of ether oxygens (including phenoxy) is 1. The number of carbonyl (C=O) groups excluding carboxylic acids is 1. The Hall–Kier alpha value is -2.97. The molecule has 0 fully saturated rings. The summed E-state index contributed by atoms with van der Waals surface area (Å²) in [6, 6.07) is 2.43. The molecule has 0 radical (unpaired) electrons. The van der Waals surface area contributed by atoms with Gasteiger partial charge in [-0.05, 0) is 0 Å². The van der Waals surface area contributed by atoms with Gasteiger partial charge in [-0.3, -0.25) is 19.1 Å². The van der Waals surface area contributed by atoms with Crippen molar-refractivity contribution in [1.29, 1.82) is 0 Å². The maximum atomic E-state index is 12.0. The zero-order valence-electron chi connectivity index (χ0n) is 10.7. The van der Waals surface area contributed by atoms with Crippen LogP contribution in [-0.4, -0.2) is 32.5 Å². The Bertz CT molecular complexity index is 764. The van der Waals surface area contributed by atoms with Gasteiger partial charge in [0.15, 0.2) is 0 Å². The van der Waals surface area contributed by atoms with Crippen LogP contribution in [0.15, 0.2) is 28.0 Å². The molecule has 9 nitrogen and oxygen atoms in total. The summed E-state index contributed by atoms with van der Waals surface area (Å²) >= 11 is 0. The van der Waals surface area contributed by atoms with Gasteiger partial charge >= 0.3 is 5.69 Å². The normalized spacial score (nSPS) is 10.1. The van der Waals surface area contributed by atoms with Gasteiger partial charge in [-0.15, -0.1) is 0 Å². The minimum absolute atomic E-state index is 0.0459. The molecule has 0 aromatic carbocycles. The van der Waals surface area contributed by atoms with E-state index in [4.69, 9.17) is 4.74 Å². The molecule has 2 aromatic heterocycles. The Morgan fingerprint density at radius 3 is 2.80 bits per heavy atom. The summed E-state index contributed by atoms with van der Waals surface area (Å²) in [5.74, 6) is -0.308. The van der Waals surface area contributed by atoms with Gasteiger partial charge in [0.25, 0.3) is 11.5 Å². The minimum Gasteiger partial charge on any atom is -0.481 e. The van der Waals surface area contributed by atoms with Crippen molar-refractivity contribution < 1.29 is 9.53 Å². The van der Waals surface area contributed by atoms with Crippen LogP contribution in [0.1, 0.15) is 10.5 Å². The van der Waals surface area contributed by atoms with Crippen molar-refractivity contribution >= 4 is 11.7 Å². The maximum absolute atomic E-state index is 12.0. The second-order valence-corrected chi connectivity index (χ2v) is 3.78. The summed E-state index contributed by atoms with van der Waals surface area (Å²) in [7, 11) is 2.82. The summed E-state index contributed by atoms with van der Waals surface area (Å²) in [6.07, 6.45) is 1.17. The summed E-state index contributed by atoms with van der Waals surface area (Å²) in [4.78, 5) is 44.2. The van der Waals surface area contributed by atoms with Crippen LogP contribution in [0.3, 0.4) is 0 Å². The molecule has 9 heteroatoms. The fourth-order valence-electron chi connectivity index (χ4n) is 1.43. The highest BCUT2D eigenvalue weighted by Crippen LogP contribution is 2.08. The monoisotopic (exact) mass is 277 g/mol. The van der Waals surface area contributed by atoms with Crippen molar-refractivity contribution in [3.8, 4) is 5.88 Å². The summed E-state index contributed by atoms with van der Waals surface area (Å²) in [6.45, 7) is 0. The fourth-order valence-corrected chi connectivity index (χ4v) is 1.43. The molecule has 0 aliphatic rings. The number of methoxy groups -OCH3 is 1. The zero-order chi connectivity index (χ0) is 14.7. The van der Waals surface area contributed by atoms with Crippen molar-refractivity contribution in [3.05, 3.63) is 45.0 Å². The largest absolute Gasteiger partial charge is 0.481 e. The molecule has 0 spiro atoms. The first-order chi connectivity index (χ1) is 9.51. The van der Waals surface area contributed by atoms with E-state index in [0.717, 1.165) is 10.6 Å². The molecule has 2 heterocycles. The van der Waals surface area contributed by atoms with Gasteiger partial charge in [0.1, 0.15) is 17.8 Å². The number of hydrogen-bond donors (Lipinski definition) is 2. The Morgan fingerprint density at radius 2 is 2.10 bits per heavy atom. The lowest BCUT2D eigenvalue weighted by atomic mass is 10.3. The van der Waals surface area contributed by atoms with Crippen LogP contribution < -0.4 is 21.3 Å². The van der Waals surface area contributed by atoms with E-state index in [1.807, 2.05) is 0 Å². The summed E-state index contributed by atoms with van der Waals surface area (Å²) < 4.78 is 5.97. The Morgan fingerprint density at radius 1 is 1.35 bits per heavy atom. The molecule has 0 saturated heterocycles. The van der Waals surface area contributed by atoms with Crippen LogP contribution in [0.5, 0.6) is 5.88 Å². The molecule has 0 unspecified atom stereocenters. The molecule has 0 saturated carbocycles. The highest BCUT2D eigenvalue weighted by atomic mass is 16.5. The predicted molar refractivity (Wildman–Crippen MR) is 68.8 cm³/mol. The Labute approximate surface area is 112 Å². The number of nitrogens with one attached hydrogen (secondary N) is 2. The van der Waals surface area contributed by atoms with E-state index in [9.17, 15) is 14.4 Å². The second kappa shape index (κ2) is 5.34. The fraction of sp³-hybridized carbons (Fsp3) is 0.182. The average Bonchev–Trinajstić information content (AvgIpc) is 2.44. The van der Waals surface area contributed by atoms with Crippen LogP contribution in [0, 0.1) is 0 Å². The van der Waals surface area contributed by atoms with Crippen LogP contribution in [0.2, 0.25) is 0 Å². The van der Waals surface area contributed by atoms with Crippen LogP contribution in [-0.2, 0) is 7.05 Å². The topological polar surface area (TPSA) is 119 Å².